The van der Waals surface area contributed by atoms with Gasteiger partial charge in [0.25, 0.3) is 5.91 Å². The molecule has 1 aliphatic rings. The van der Waals surface area contributed by atoms with Gasteiger partial charge in [-0.05, 0) is 34.8 Å². The zero-order valence-electron chi connectivity index (χ0n) is 12.3. The minimum atomic E-state index is -0.139. The Hall–Kier alpha value is -1.14. The van der Waals surface area contributed by atoms with Crippen molar-refractivity contribution in [2.45, 2.75) is 38.2 Å². The first kappa shape index (κ1) is 16.2. The largest absolute Gasteiger partial charge is 0.376 e. The summed E-state index contributed by atoms with van der Waals surface area (Å²) in [7, 11) is 1.75. The van der Waals surface area contributed by atoms with Crippen LogP contribution in [0.4, 0.5) is 5.82 Å². The summed E-state index contributed by atoms with van der Waals surface area (Å²) < 4.78 is 6.58. The molecular weight excluding hydrogens is 334 g/mol. The van der Waals surface area contributed by atoms with E-state index in [1.165, 1.54) is 19.3 Å². The molecular formula is C15H22BrN3O2. The lowest BCUT2D eigenvalue weighted by molar-refractivity contribution is 0.0299. The van der Waals surface area contributed by atoms with Crippen LogP contribution in [0.5, 0.6) is 0 Å². The Morgan fingerprint density at radius 2 is 2.19 bits per heavy atom. The summed E-state index contributed by atoms with van der Waals surface area (Å²) in [5.74, 6) is 0.435. The second-order valence-corrected chi connectivity index (χ2v) is 6.10. The lowest BCUT2D eigenvalue weighted by Crippen LogP contribution is -2.30. The van der Waals surface area contributed by atoms with Crippen molar-refractivity contribution in [2.24, 2.45) is 0 Å². The van der Waals surface area contributed by atoms with E-state index in [-0.39, 0.29) is 5.91 Å². The average molecular weight is 356 g/mol. The number of anilines is 1. The first-order chi connectivity index (χ1) is 10.2. The van der Waals surface area contributed by atoms with Crippen molar-refractivity contribution >= 4 is 27.7 Å². The molecule has 6 heteroatoms. The van der Waals surface area contributed by atoms with Crippen molar-refractivity contribution in [1.82, 2.24) is 10.3 Å². The van der Waals surface area contributed by atoms with Gasteiger partial charge in [0.15, 0.2) is 0 Å². The molecule has 1 fully saturated rings. The highest BCUT2D eigenvalue weighted by Crippen LogP contribution is 2.20. The third kappa shape index (κ3) is 4.97. The van der Waals surface area contributed by atoms with Gasteiger partial charge < -0.3 is 15.4 Å². The number of hydrogen-bond donors (Lipinski definition) is 2. The fraction of sp³-hybridized carbons (Fsp3) is 0.600. The second kappa shape index (κ2) is 8.34. The standard InChI is InChI=1S/C15H22BrN3O2/c1-17-14-13(9-11(16)10-19-14)15(20)18-7-8-21-12-5-3-2-4-6-12/h9-10,12H,2-8H2,1H3,(H,17,19)(H,18,20). The Morgan fingerprint density at radius 3 is 2.90 bits per heavy atom. The van der Waals surface area contributed by atoms with Crippen LogP contribution in [0, 0.1) is 0 Å². The third-order valence-electron chi connectivity index (χ3n) is 3.63. The Morgan fingerprint density at radius 1 is 1.43 bits per heavy atom. The quantitative estimate of drug-likeness (QED) is 0.770. The summed E-state index contributed by atoms with van der Waals surface area (Å²) in [5, 5.41) is 5.80. The number of carbonyl (C=O) groups excluding carboxylic acids is 1. The molecule has 1 saturated carbocycles. The maximum absolute atomic E-state index is 12.2. The molecule has 1 amide bonds. The summed E-state index contributed by atoms with van der Waals surface area (Å²) in [6, 6.07) is 1.76. The Bertz CT molecular complexity index is 476. The summed E-state index contributed by atoms with van der Waals surface area (Å²) in [6.45, 7) is 1.08. The first-order valence-electron chi connectivity index (χ1n) is 7.44. The third-order valence-corrected chi connectivity index (χ3v) is 4.06. The van der Waals surface area contributed by atoms with Crippen LogP contribution in [0.3, 0.4) is 0 Å². The molecule has 0 saturated heterocycles. The van der Waals surface area contributed by atoms with Crippen LogP contribution >= 0.6 is 15.9 Å². The molecule has 0 unspecified atom stereocenters. The number of amides is 1. The molecule has 0 spiro atoms. The van der Waals surface area contributed by atoms with Gasteiger partial charge in [-0.15, -0.1) is 0 Å². The average Bonchev–Trinajstić information content (AvgIpc) is 2.52. The molecule has 2 N–H and O–H groups in total. The molecule has 1 aliphatic carbocycles. The van der Waals surface area contributed by atoms with Crippen LogP contribution in [0.15, 0.2) is 16.7 Å². The molecule has 0 atom stereocenters. The van der Waals surface area contributed by atoms with Gasteiger partial charge in [-0.25, -0.2) is 4.98 Å². The fourth-order valence-corrected chi connectivity index (χ4v) is 2.86. The van der Waals surface area contributed by atoms with E-state index < -0.39 is 0 Å². The summed E-state index contributed by atoms with van der Waals surface area (Å²) in [6.07, 6.45) is 8.16. The highest BCUT2D eigenvalue weighted by molar-refractivity contribution is 9.10. The van der Waals surface area contributed by atoms with E-state index in [0.717, 1.165) is 17.3 Å². The molecule has 1 heterocycles. The molecule has 5 nitrogen and oxygen atoms in total. The number of nitrogens with zero attached hydrogens (tertiary/aromatic N) is 1. The molecule has 1 aromatic heterocycles. The molecule has 0 aromatic carbocycles. The van der Waals surface area contributed by atoms with Crippen molar-refractivity contribution in [1.29, 1.82) is 0 Å². The highest BCUT2D eigenvalue weighted by Gasteiger charge is 2.15. The number of carbonyl (C=O) groups is 1. The topological polar surface area (TPSA) is 63.2 Å². The summed E-state index contributed by atoms with van der Waals surface area (Å²) in [5.41, 5.74) is 0.532. The first-order valence-corrected chi connectivity index (χ1v) is 8.23. The van der Waals surface area contributed by atoms with Gasteiger partial charge in [-0.2, -0.15) is 0 Å². The van der Waals surface area contributed by atoms with Crippen LogP contribution in [0.25, 0.3) is 0 Å². The Balaban J connectivity index is 1.77. The number of aromatic nitrogens is 1. The Labute approximate surface area is 134 Å². The van der Waals surface area contributed by atoms with Crippen molar-refractivity contribution in [3.05, 3.63) is 22.3 Å². The van der Waals surface area contributed by atoms with E-state index in [2.05, 4.69) is 31.5 Å². The number of pyridine rings is 1. The SMILES string of the molecule is CNc1ncc(Br)cc1C(=O)NCCOC1CCCCC1. The minimum absolute atomic E-state index is 0.139. The highest BCUT2D eigenvalue weighted by atomic mass is 79.9. The van der Waals surface area contributed by atoms with Crippen LogP contribution in [0.1, 0.15) is 42.5 Å². The molecule has 0 aliphatic heterocycles. The number of nitrogens with one attached hydrogen (secondary N) is 2. The number of ether oxygens (including phenoxy) is 1. The van der Waals surface area contributed by atoms with E-state index in [0.29, 0.717) is 30.6 Å². The lowest BCUT2D eigenvalue weighted by Gasteiger charge is -2.22. The number of rotatable bonds is 6. The Kier molecular flexibility index (Phi) is 6.45. The van der Waals surface area contributed by atoms with E-state index >= 15 is 0 Å². The monoisotopic (exact) mass is 355 g/mol. The number of halogens is 1. The van der Waals surface area contributed by atoms with E-state index in [1.54, 1.807) is 19.3 Å². The van der Waals surface area contributed by atoms with Crippen LogP contribution in [0.2, 0.25) is 0 Å². The van der Waals surface area contributed by atoms with Crippen LogP contribution < -0.4 is 10.6 Å². The molecule has 116 valence electrons. The van der Waals surface area contributed by atoms with Gasteiger partial charge in [0.05, 0.1) is 18.3 Å². The fourth-order valence-electron chi connectivity index (χ4n) is 2.53. The maximum atomic E-state index is 12.2. The van der Waals surface area contributed by atoms with Gasteiger partial charge in [0, 0.05) is 24.3 Å². The zero-order valence-corrected chi connectivity index (χ0v) is 13.9. The van der Waals surface area contributed by atoms with E-state index in [1.807, 2.05) is 0 Å². The molecule has 0 radical (unpaired) electrons. The predicted molar refractivity (Wildman–Crippen MR) is 86.6 cm³/mol. The molecule has 0 bridgehead atoms. The van der Waals surface area contributed by atoms with Gasteiger partial charge >= 0.3 is 0 Å². The molecule has 1 aromatic rings. The van der Waals surface area contributed by atoms with Crippen molar-refractivity contribution in [3.8, 4) is 0 Å². The molecule has 21 heavy (non-hydrogen) atoms. The summed E-state index contributed by atoms with van der Waals surface area (Å²) >= 11 is 3.33. The van der Waals surface area contributed by atoms with E-state index in [4.69, 9.17) is 4.74 Å². The van der Waals surface area contributed by atoms with Crippen molar-refractivity contribution < 1.29 is 9.53 Å². The number of hydrogen-bond acceptors (Lipinski definition) is 4. The van der Waals surface area contributed by atoms with Gasteiger partial charge in [-0.1, -0.05) is 19.3 Å². The normalized spacial score (nSPS) is 15.7. The maximum Gasteiger partial charge on any atom is 0.255 e. The van der Waals surface area contributed by atoms with Crippen LogP contribution in [-0.2, 0) is 4.74 Å². The van der Waals surface area contributed by atoms with Crippen LogP contribution in [-0.4, -0.2) is 37.2 Å². The predicted octanol–water partition coefficient (Wildman–Crippen LogP) is 2.96. The lowest BCUT2D eigenvalue weighted by atomic mass is 9.98. The zero-order chi connectivity index (χ0) is 15.1. The van der Waals surface area contributed by atoms with Gasteiger partial charge in [-0.3, -0.25) is 4.79 Å². The van der Waals surface area contributed by atoms with Crippen molar-refractivity contribution in [2.75, 3.05) is 25.5 Å². The minimum Gasteiger partial charge on any atom is -0.376 e. The summed E-state index contributed by atoms with van der Waals surface area (Å²) in [4.78, 5) is 16.3. The van der Waals surface area contributed by atoms with E-state index in [9.17, 15) is 4.79 Å². The molecule has 2 rings (SSSR count). The van der Waals surface area contributed by atoms with Crippen molar-refractivity contribution in [3.63, 3.8) is 0 Å². The second-order valence-electron chi connectivity index (χ2n) is 5.19. The van der Waals surface area contributed by atoms with Gasteiger partial charge in [0.1, 0.15) is 5.82 Å². The van der Waals surface area contributed by atoms with Gasteiger partial charge in [0.2, 0.25) is 0 Å². The smallest absolute Gasteiger partial charge is 0.255 e.